The molecule has 0 unspecified atom stereocenters. The van der Waals surface area contributed by atoms with Crippen molar-refractivity contribution < 1.29 is 0 Å². The summed E-state index contributed by atoms with van der Waals surface area (Å²) in [6, 6.07) is 7.31. The zero-order valence-corrected chi connectivity index (χ0v) is 8.67. The first-order valence-electron chi connectivity index (χ1n) is 3.50. The van der Waals surface area contributed by atoms with Crippen LogP contribution in [0.25, 0.3) is 10.1 Å². The third-order valence-corrected chi connectivity index (χ3v) is 3.52. The number of halogens is 2. The highest BCUT2D eigenvalue weighted by Gasteiger charge is 2.07. The van der Waals surface area contributed by atoms with E-state index in [1.807, 2.05) is 0 Å². The Labute approximate surface area is 89.1 Å². The van der Waals surface area contributed by atoms with Crippen LogP contribution in [0.3, 0.4) is 0 Å². The maximum atomic E-state index is 8.69. The third-order valence-electron chi connectivity index (χ3n) is 1.69. The Morgan fingerprint density at radius 2 is 1.92 bits per heavy atom. The van der Waals surface area contributed by atoms with Crippen LogP contribution in [0.5, 0.6) is 0 Å². The SMILES string of the molecule is N#Cc1cc2c(Cl)ccc(Cl)c2s1. The van der Waals surface area contributed by atoms with E-state index in [4.69, 9.17) is 28.5 Å². The van der Waals surface area contributed by atoms with Gasteiger partial charge in [-0.2, -0.15) is 5.26 Å². The lowest BCUT2D eigenvalue weighted by molar-refractivity contribution is 1.52. The highest BCUT2D eigenvalue weighted by molar-refractivity contribution is 7.20. The average Bonchev–Trinajstić information content (AvgIpc) is 2.56. The zero-order valence-electron chi connectivity index (χ0n) is 6.34. The molecule has 1 nitrogen and oxygen atoms in total. The molecule has 2 aromatic rings. The smallest absolute Gasteiger partial charge is 0.110 e. The molecule has 0 radical (unpaired) electrons. The van der Waals surface area contributed by atoms with Gasteiger partial charge in [-0.3, -0.25) is 0 Å². The maximum Gasteiger partial charge on any atom is 0.110 e. The van der Waals surface area contributed by atoms with Crippen LogP contribution >= 0.6 is 34.5 Å². The van der Waals surface area contributed by atoms with Crippen LogP contribution in [0.15, 0.2) is 18.2 Å². The summed E-state index contributed by atoms with van der Waals surface area (Å²) in [6.07, 6.45) is 0. The first-order valence-corrected chi connectivity index (χ1v) is 5.07. The number of nitriles is 1. The molecular weight excluding hydrogens is 225 g/mol. The van der Waals surface area contributed by atoms with Gasteiger partial charge in [0, 0.05) is 10.4 Å². The van der Waals surface area contributed by atoms with E-state index in [1.165, 1.54) is 11.3 Å². The molecule has 0 bridgehead atoms. The van der Waals surface area contributed by atoms with Crippen molar-refractivity contribution in [3.63, 3.8) is 0 Å². The Bertz CT molecular complexity index is 471. The number of nitrogens with zero attached hydrogens (tertiary/aromatic N) is 1. The monoisotopic (exact) mass is 227 g/mol. The lowest BCUT2D eigenvalue weighted by Crippen LogP contribution is -1.67. The second kappa shape index (κ2) is 3.19. The molecule has 0 saturated carbocycles. The van der Waals surface area contributed by atoms with Gasteiger partial charge in [0.1, 0.15) is 10.9 Å². The Morgan fingerprint density at radius 3 is 2.54 bits per heavy atom. The van der Waals surface area contributed by atoms with E-state index in [0.717, 1.165) is 10.1 Å². The van der Waals surface area contributed by atoms with Crippen molar-refractivity contribution in [2.45, 2.75) is 0 Å². The van der Waals surface area contributed by atoms with E-state index in [-0.39, 0.29) is 0 Å². The van der Waals surface area contributed by atoms with Crippen LogP contribution in [0.2, 0.25) is 10.0 Å². The Kier molecular flexibility index (Phi) is 2.17. The van der Waals surface area contributed by atoms with E-state index in [9.17, 15) is 0 Å². The fraction of sp³-hybridized carbons (Fsp3) is 0. The number of fused-ring (bicyclic) bond motifs is 1. The van der Waals surface area contributed by atoms with E-state index >= 15 is 0 Å². The van der Waals surface area contributed by atoms with Gasteiger partial charge in [0.2, 0.25) is 0 Å². The Hall–Kier alpha value is -0.750. The van der Waals surface area contributed by atoms with E-state index in [1.54, 1.807) is 18.2 Å². The molecule has 1 aromatic heterocycles. The highest BCUT2D eigenvalue weighted by Crippen LogP contribution is 2.35. The molecule has 0 spiro atoms. The van der Waals surface area contributed by atoms with Gasteiger partial charge in [0.25, 0.3) is 0 Å². The number of hydrogen-bond donors (Lipinski definition) is 0. The normalized spacial score (nSPS) is 10.2. The van der Waals surface area contributed by atoms with Crippen molar-refractivity contribution >= 4 is 44.6 Å². The molecule has 0 amide bonds. The lowest BCUT2D eigenvalue weighted by Gasteiger charge is -1.94. The summed E-state index contributed by atoms with van der Waals surface area (Å²) >= 11 is 13.2. The van der Waals surface area contributed by atoms with Crippen molar-refractivity contribution in [3.8, 4) is 6.07 Å². The summed E-state index contributed by atoms with van der Waals surface area (Å²) in [7, 11) is 0. The van der Waals surface area contributed by atoms with Crippen molar-refractivity contribution in [2.24, 2.45) is 0 Å². The van der Waals surface area contributed by atoms with Gasteiger partial charge in [0.15, 0.2) is 0 Å². The number of benzene rings is 1. The van der Waals surface area contributed by atoms with Crippen LogP contribution < -0.4 is 0 Å². The standard InChI is InChI=1S/C9H3Cl2NS/c10-7-1-2-8(11)9-6(7)3-5(4-12)13-9/h1-3H. The zero-order chi connectivity index (χ0) is 9.42. The van der Waals surface area contributed by atoms with Gasteiger partial charge in [0.05, 0.1) is 9.72 Å². The van der Waals surface area contributed by atoms with Gasteiger partial charge < -0.3 is 0 Å². The van der Waals surface area contributed by atoms with Crippen LogP contribution in [0.1, 0.15) is 4.88 Å². The fourth-order valence-electron chi connectivity index (χ4n) is 1.11. The van der Waals surface area contributed by atoms with E-state index in [2.05, 4.69) is 6.07 Å². The van der Waals surface area contributed by atoms with Crippen LogP contribution in [0, 0.1) is 11.3 Å². The number of rotatable bonds is 0. The molecule has 64 valence electrons. The molecule has 0 fully saturated rings. The van der Waals surface area contributed by atoms with Crippen molar-refractivity contribution in [1.82, 2.24) is 0 Å². The highest BCUT2D eigenvalue weighted by atomic mass is 35.5. The number of thiophene rings is 1. The summed E-state index contributed by atoms with van der Waals surface area (Å²) in [6.45, 7) is 0. The molecule has 2 rings (SSSR count). The third kappa shape index (κ3) is 1.40. The minimum Gasteiger partial charge on any atom is -0.192 e. The molecule has 0 aliphatic heterocycles. The van der Waals surface area contributed by atoms with Gasteiger partial charge >= 0.3 is 0 Å². The summed E-state index contributed by atoms with van der Waals surface area (Å²) in [5.41, 5.74) is 0. The van der Waals surface area contributed by atoms with Gasteiger partial charge in [-0.25, -0.2) is 0 Å². The molecule has 0 aliphatic rings. The predicted molar refractivity (Wildman–Crippen MR) is 56.6 cm³/mol. The molecule has 13 heavy (non-hydrogen) atoms. The van der Waals surface area contributed by atoms with Gasteiger partial charge in [-0.1, -0.05) is 23.2 Å². The minimum absolute atomic E-state index is 0.630. The molecule has 1 heterocycles. The summed E-state index contributed by atoms with van der Waals surface area (Å²) in [5.74, 6) is 0. The predicted octanol–water partition coefficient (Wildman–Crippen LogP) is 4.08. The molecule has 0 atom stereocenters. The molecule has 0 saturated heterocycles. The van der Waals surface area contributed by atoms with Crippen LogP contribution in [-0.2, 0) is 0 Å². The molecule has 4 heteroatoms. The summed E-state index contributed by atoms with van der Waals surface area (Å²) in [5, 5.41) is 10.8. The second-order valence-electron chi connectivity index (χ2n) is 2.49. The second-order valence-corrected chi connectivity index (χ2v) is 4.36. The molecular formula is C9H3Cl2NS. The Morgan fingerprint density at radius 1 is 1.23 bits per heavy atom. The van der Waals surface area contributed by atoms with E-state index in [0.29, 0.717) is 14.9 Å². The van der Waals surface area contributed by atoms with Gasteiger partial charge in [-0.05, 0) is 18.2 Å². The largest absolute Gasteiger partial charge is 0.192 e. The topological polar surface area (TPSA) is 23.8 Å². The molecule has 0 N–H and O–H groups in total. The maximum absolute atomic E-state index is 8.69. The molecule has 0 aliphatic carbocycles. The fourth-order valence-corrected chi connectivity index (χ4v) is 2.55. The first kappa shape index (κ1) is 8.83. The van der Waals surface area contributed by atoms with Crippen molar-refractivity contribution in [2.75, 3.05) is 0 Å². The Balaban J connectivity index is 2.90. The average molecular weight is 228 g/mol. The minimum atomic E-state index is 0.630. The summed E-state index contributed by atoms with van der Waals surface area (Å²) in [4.78, 5) is 0.630. The van der Waals surface area contributed by atoms with Crippen LogP contribution in [0.4, 0.5) is 0 Å². The van der Waals surface area contributed by atoms with Gasteiger partial charge in [-0.15, -0.1) is 11.3 Å². The lowest BCUT2D eigenvalue weighted by atomic mass is 10.2. The first-order chi connectivity index (χ1) is 6.22. The van der Waals surface area contributed by atoms with Crippen molar-refractivity contribution in [3.05, 3.63) is 33.1 Å². The van der Waals surface area contributed by atoms with Crippen molar-refractivity contribution in [1.29, 1.82) is 5.26 Å². The van der Waals surface area contributed by atoms with E-state index < -0.39 is 0 Å². The molecule has 1 aromatic carbocycles. The quantitative estimate of drug-likeness (QED) is 0.666. The van der Waals surface area contributed by atoms with Crippen LogP contribution in [-0.4, -0.2) is 0 Å². The number of hydrogen-bond acceptors (Lipinski definition) is 2. The summed E-state index contributed by atoms with van der Waals surface area (Å²) < 4.78 is 0.880.